The van der Waals surface area contributed by atoms with Crippen molar-refractivity contribution in [2.24, 2.45) is 23.3 Å². The number of rotatable bonds is 7. The van der Waals surface area contributed by atoms with Crippen LogP contribution in [0, 0.1) is 37.0 Å². The zero-order valence-corrected chi connectivity index (χ0v) is 15.8. The molecule has 2 fully saturated rings. The van der Waals surface area contributed by atoms with Crippen LogP contribution in [-0.4, -0.2) is 60.3 Å². The Morgan fingerprint density at radius 2 is 1.33 bits per heavy atom. The molecule has 6 N–H and O–H groups in total. The minimum absolute atomic E-state index is 0. The van der Waals surface area contributed by atoms with Gasteiger partial charge in [-0.2, -0.15) is 0 Å². The molecule has 0 aromatic heterocycles. The van der Waals surface area contributed by atoms with E-state index in [0.717, 1.165) is 50.8 Å². The molecule has 135 valence electrons. The summed E-state index contributed by atoms with van der Waals surface area (Å²) in [7, 11) is 0. The molecule has 2 aliphatic rings. The second kappa shape index (κ2) is 20.9. The Bertz CT molecular complexity index is 322. The van der Waals surface area contributed by atoms with E-state index in [1.165, 1.54) is 0 Å². The number of alkyl halides is 1. The first kappa shape index (κ1) is 28.6. The molecule has 1 radical (unpaired) electrons. The van der Waals surface area contributed by atoms with Crippen molar-refractivity contribution < 1.29 is 10.2 Å². The second-order valence-electron chi connectivity index (χ2n) is 5.63. The van der Waals surface area contributed by atoms with Crippen LogP contribution in [0.25, 0.3) is 0 Å². The standard InChI is InChI=1S/C8H12O.C6H11ClO.C2H8N2.C2H2.Li/c1-2-3-4-5-7-6-8(7)9;7-3-1-2-5-4-6(5)8;3-1-2-4;1-2;/h1,7-9H,3-6H2;5-6,8H,1-4H2;1-4H2;1-2H;/t7-,8-;5-,6-;;;/m11.../s1. The molecule has 0 spiro atoms. The molecule has 2 rings (SSSR count). The molecule has 24 heavy (non-hydrogen) atoms. The molecule has 2 saturated carbocycles. The van der Waals surface area contributed by atoms with Crippen molar-refractivity contribution in [1.82, 2.24) is 0 Å². The fraction of sp³-hybridized carbons (Fsp3) is 0.778. The topological polar surface area (TPSA) is 92.5 Å². The van der Waals surface area contributed by atoms with E-state index < -0.39 is 0 Å². The number of nitrogens with two attached hydrogens (primary N) is 2. The first-order valence-electron chi connectivity index (χ1n) is 8.19. The van der Waals surface area contributed by atoms with E-state index in [1.807, 2.05) is 0 Å². The Labute approximate surface area is 165 Å². The summed E-state index contributed by atoms with van der Waals surface area (Å²) in [6.07, 6.45) is 20.3. The molecule has 0 unspecified atom stereocenters. The SMILES string of the molecule is C#C.C#CCCC[C@@H]1C[C@H]1O.NCCN.O[C@@H]1C[C@H]1CCCCl.[Li]. The van der Waals surface area contributed by atoms with Crippen LogP contribution < -0.4 is 11.5 Å². The van der Waals surface area contributed by atoms with Crippen LogP contribution in [0.4, 0.5) is 0 Å². The third-order valence-electron chi connectivity index (χ3n) is 3.54. The largest absolute Gasteiger partial charge is 0.393 e. The molecule has 0 amide bonds. The average molecular weight is 352 g/mol. The van der Waals surface area contributed by atoms with Crippen LogP contribution in [0.2, 0.25) is 0 Å². The Kier molecular flexibility index (Phi) is 24.9. The zero-order chi connectivity index (χ0) is 18.1. The number of hydrogen-bond donors (Lipinski definition) is 4. The van der Waals surface area contributed by atoms with Crippen molar-refractivity contribution in [1.29, 1.82) is 0 Å². The minimum atomic E-state index is 0. The van der Waals surface area contributed by atoms with Gasteiger partial charge in [-0.25, -0.2) is 0 Å². The van der Waals surface area contributed by atoms with Crippen LogP contribution in [-0.2, 0) is 0 Å². The van der Waals surface area contributed by atoms with E-state index in [9.17, 15) is 0 Å². The predicted octanol–water partition coefficient (Wildman–Crippen LogP) is 1.33. The summed E-state index contributed by atoms with van der Waals surface area (Å²) in [4.78, 5) is 0. The third kappa shape index (κ3) is 19.9. The summed E-state index contributed by atoms with van der Waals surface area (Å²) in [6.45, 7) is 1.19. The van der Waals surface area contributed by atoms with Crippen LogP contribution in [0.5, 0.6) is 0 Å². The summed E-state index contributed by atoms with van der Waals surface area (Å²) in [6, 6.07) is 0. The maximum atomic E-state index is 8.87. The predicted molar refractivity (Wildman–Crippen MR) is 105 cm³/mol. The minimum Gasteiger partial charge on any atom is -0.393 e. The number of terminal acetylenes is 2. The molecule has 0 heterocycles. The Balaban J connectivity index is -0.000000272. The zero-order valence-electron chi connectivity index (χ0n) is 15.0. The van der Waals surface area contributed by atoms with Gasteiger partial charge < -0.3 is 21.7 Å². The molecule has 0 aromatic rings. The molecule has 4 nitrogen and oxygen atoms in total. The van der Waals surface area contributed by atoms with Crippen molar-refractivity contribution >= 4 is 30.5 Å². The smallest absolute Gasteiger partial charge is 0.0573 e. The van der Waals surface area contributed by atoms with Gasteiger partial charge in [0.15, 0.2) is 0 Å². The van der Waals surface area contributed by atoms with Gasteiger partial charge in [-0.05, 0) is 50.4 Å². The molecule has 2 aliphatic carbocycles. The van der Waals surface area contributed by atoms with Crippen LogP contribution in [0.3, 0.4) is 0 Å². The van der Waals surface area contributed by atoms with Gasteiger partial charge in [-0.15, -0.1) is 36.8 Å². The van der Waals surface area contributed by atoms with Crippen LogP contribution in [0.15, 0.2) is 0 Å². The molecule has 4 atom stereocenters. The van der Waals surface area contributed by atoms with Crippen LogP contribution >= 0.6 is 11.6 Å². The summed E-state index contributed by atoms with van der Waals surface area (Å²) < 4.78 is 0. The van der Waals surface area contributed by atoms with Crippen molar-refractivity contribution in [2.75, 3.05) is 19.0 Å². The molecule has 6 heteroatoms. The average Bonchev–Trinajstić information content (AvgIpc) is 3.48. The number of aliphatic hydroxyl groups excluding tert-OH is 2. The summed E-state index contributed by atoms with van der Waals surface area (Å²) in [5.41, 5.74) is 9.81. The molecular weight excluding hydrogens is 319 g/mol. The van der Waals surface area contributed by atoms with E-state index >= 15 is 0 Å². The monoisotopic (exact) mass is 351 g/mol. The van der Waals surface area contributed by atoms with Gasteiger partial charge in [-0.1, -0.05) is 0 Å². The van der Waals surface area contributed by atoms with E-state index in [1.54, 1.807) is 0 Å². The van der Waals surface area contributed by atoms with E-state index in [0.29, 0.717) is 24.9 Å². The fourth-order valence-electron chi connectivity index (χ4n) is 1.89. The molecule has 0 saturated heterocycles. The maximum absolute atomic E-state index is 8.87. The third-order valence-corrected chi connectivity index (χ3v) is 3.81. The summed E-state index contributed by atoms with van der Waals surface area (Å²) in [5.74, 6) is 4.50. The summed E-state index contributed by atoms with van der Waals surface area (Å²) >= 11 is 5.44. The molecule has 0 aliphatic heterocycles. The Morgan fingerprint density at radius 3 is 1.58 bits per heavy atom. The van der Waals surface area contributed by atoms with Crippen molar-refractivity contribution in [3.05, 3.63) is 0 Å². The number of halogens is 1. The summed E-state index contributed by atoms with van der Waals surface area (Å²) in [5, 5.41) is 17.7. The molecular formula is C18H33ClLiN2O2. The number of hydrogen-bond acceptors (Lipinski definition) is 4. The molecule has 0 aromatic carbocycles. The van der Waals surface area contributed by atoms with Gasteiger partial charge in [0.25, 0.3) is 0 Å². The van der Waals surface area contributed by atoms with Crippen LogP contribution in [0.1, 0.15) is 44.9 Å². The number of unbranched alkanes of at least 4 members (excludes halogenated alkanes) is 1. The Morgan fingerprint density at radius 1 is 0.958 bits per heavy atom. The van der Waals surface area contributed by atoms with Gasteiger partial charge in [0, 0.05) is 44.3 Å². The van der Waals surface area contributed by atoms with Crippen molar-refractivity contribution in [3.8, 4) is 25.2 Å². The first-order valence-corrected chi connectivity index (χ1v) is 8.73. The van der Waals surface area contributed by atoms with Gasteiger partial charge in [0.1, 0.15) is 0 Å². The van der Waals surface area contributed by atoms with E-state index in [4.69, 9.17) is 39.7 Å². The van der Waals surface area contributed by atoms with Crippen molar-refractivity contribution in [3.63, 3.8) is 0 Å². The normalized spacial score (nSPS) is 24.9. The molecule has 0 bridgehead atoms. The number of aliphatic hydroxyl groups is 2. The van der Waals surface area contributed by atoms with E-state index in [2.05, 4.69) is 18.8 Å². The van der Waals surface area contributed by atoms with Crippen molar-refractivity contribution in [2.45, 2.75) is 57.2 Å². The maximum Gasteiger partial charge on any atom is 0.0573 e. The van der Waals surface area contributed by atoms with E-state index in [-0.39, 0.29) is 31.1 Å². The fourth-order valence-corrected chi connectivity index (χ4v) is 2.04. The first-order chi connectivity index (χ1) is 11.1. The van der Waals surface area contributed by atoms with Gasteiger partial charge in [-0.3, -0.25) is 0 Å². The van der Waals surface area contributed by atoms with Gasteiger partial charge in [0.2, 0.25) is 0 Å². The second-order valence-corrected chi connectivity index (χ2v) is 6.01. The Hall–Kier alpha value is -0.153. The quantitative estimate of drug-likeness (QED) is 0.241. The van der Waals surface area contributed by atoms with Gasteiger partial charge in [0.05, 0.1) is 12.2 Å². The van der Waals surface area contributed by atoms with Gasteiger partial charge >= 0.3 is 0 Å².